The average molecular weight is 456 g/mol. The molecular weight excluding hydrogens is 422 g/mol. The number of benzene rings is 1. The number of imidazole rings is 1. The van der Waals surface area contributed by atoms with E-state index in [1.165, 1.54) is 10.9 Å². The molecule has 9 nitrogen and oxygen atoms in total. The van der Waals surface area contributed by atoms with Crippen LogP contribution in [0, 0.1) is 5.92 Å². The Hall–Kier alpha value is -3.20. The van der Waals surface area contributed by atoms with Gasteiger partial charge in [0.15, 0.2) is 11.2 Å². The van der Waals surface area contributed by atoms with Gasteiger partial charge in [0.25, 0.3) is 5.56 Å². The van der Waals surface area contributed by atoms with Crippen LogP contribution in [0.15, 0.2) is 46.2 Å². The number of amides is 1. The molecule has 0 bridgehead atoms. The van der Waals surface area contributed by atoms with Crippen LogP contribution in [-0.2, 0) is 29.2 Å². The van der Waals surface area contributed by atoms with Gasteiger partial charge < -0.3 is 14.2 Å². The van der Waals surface area contributed by atoms with Gasteiger partial charge in [-0.25, -0.2) is 14.3 Å². The first-order valence-electron chi connectivity index (χ1n) is 11.2. The van der Waals surface area contributed by atoms with E-state index in [2.05, 4.69) is 4.98 Å². The van der Waals surface area contributed by atoms with Gasteiger partial charge in [0.1, 0.15) is 6.54 Å². The van der Waals surface area contributed by atoms with Gasteiger partial charge in [0, 0.05) is 26.2 Å². The number of fused-ring (bicyclic) bond motifs is 1. The molecule has 2 aromatic heterocycles. The minimum absolute atomic E-state index is 0.0434. The Morgan fingerprint density at radius 3 is 2.39 bits per heavy atom. The molecule has 0 aliphatic heterocycles. The van der Waals surface area contributed by atoms with Gasteiger partial charge in [0.05, 0.1) is 19.5 Å². The molecule has 1 amide bonds. The van der Waals surface area contributed by atoms with E-state index in [0.29, 0.717) is 25.3 Å². The van der Waals surface area contributed by atoms with Crippen molar-refractivity contribution in [3.8, 4) is 0 Å². The van der Waals surface area contributed by atoms with E-state index in [1.807, 2.05) is 58.0 Å². The number of rotatable bonds is 10. The standard InChI is InChI=1S/C24H33N5O4/c1-17(2)13-27(18(3)4)20(30)15-29-23(31)21-22(25-16-26(21)11-12-33-5)28(24(29)32)14-19-9-7-6-8-10-19/h6-10,16-18H,11-15H2,1-5H3. The fourth-order valence-corrected chi connectivity index (χ4v) is 3.87. The molecule has 0 aliphatic rings. The summed E-state index contributed by atoms with van der Waals surface area (Å²) in [4.78, 5) is 46.1. The molecule has 2 heterocycles. The quantitative estimate of drug-likeness (QED) is 0.466. The van der Waals surface area contributed by atoms with Crippen molar-refractivity contribution in [3.63, 3.8) is 0 Å². The maximum atomic E-state index is 13.5. The van der Waals surface area contributed by atoms with E-state index in [1.54, 1.807) is 16.6 Å². The number of hydrogen-bond acceptors (Lipinski definition) is 5. The minimum atomic E-state index is -0.546. The molecule has 178 valence electrons. The van der Waals surface area contributed by atoms with Crippen molar-refractivity contribution in [2.24, 2.45) is 5.92 Å². The van der Waals surface area contributed by atoms with Gasteiger partial charge in [-0.15, -0.1) is 0 Å². The maximum absolute atomic E-state index is 13.5. The summed E-state index contributed by atoms with van der Waals surface area (Å²) in [7, 11) is 1.58. The first kappa shape index (κ1) is 24.4. The number of carbonyl (C=O) groups is 1. The normalized spacial score (nSPS) is 11.6. The zero-order valence-corrected chi connectivity index (χ0v) is 20.0. The largest absolute Gasteiger partial charge is 0.383 e. The molecule has 1 aromatic carbocycles. The van der Waals surface area contributed by atoms with Crippen LogP contribution < -0.4 is 11.2 Å². The molecule has 0 N–H and O–H groups in total. The lowest BCUT2D eigenvalue weighted by molar-refractivity contribution is -0.134. The maximum Gasteiger partial charge on any atom is 0.333 e. The van der Waals surface area contributed by atoms with E-state index in [0.717, 1.165) is 10.1 Å². The van der Waals surface area contributed by atoms with Crippen molar-refractivity contribution >= 4 is 17.1 Å². The third kappa shape index (κ3) is 5.42. The average Bonchev–Trinajstić information content (AvgIpc) is 3.20. The van der Waals surface area contributed by atoms with E-state index >= 15 is 0 Å². The van der Waals surface area contributed by atoms with E-state index in [4.69, 9.17) is 4.74 Å². The predicted octanol–water partition coefficient (Wildman–Crippen LogP) is 1.95. The Bertz CT molecular complexity index is 1210. The second-order valence-corrected chi connectivity index (χ2v) is 8.88. The van der Waals surface area contributed by atoms with Gasteiger partial charge in [-0.3, -0.25) is 14.2 Å². The molecule has 0 saturated heterocycles. The lowest BCUT2D eigenvalue weighted by Crippen LogP contribution is -2.47. The lowest BCUT2D eigenvalue weighted by atomic mass is 10.2. The molecule has 9 heteroatoms. The van der Waals surface area contributed by atoms with E-state index in [9.17, 15) is 14.4 Å². The van der Waals surface area contributed by atoms with Crippen molar-refractivity contribution in [2.75, 3.05) is 20.3 Å². The first-order chi connectivity index (χ1) is 15.7. The number of methoxy groups -OCH3 is 1. The molecule has 33 heavy (non-hydrogen) atoms. The van der Waals surface area contributed by atoms with Crippen LogP contribution in [0.25, 0.3) is 11.2 Å². The van der Waals surface area contributed by atoms with E-state index in [-0.39, 0.29) is 36.5 Å². The summed E-state index contributed by atoms with van der Waals surface area (Å²) in [5, 5.41) is 0. The van der Waals surface area contributed by atoms with Crippen LogP contribution in [0.1, 0.15) is 33.3 Å². The zero-order valence-electron chi connectivity index (χ0n) is 20.0. The SMILES string of the molecule is COCCn1cnc2c1c(=O)n(CC(=O)N(CC(C)C)C(C)C)c(=O)n2Cc1ccccc1. The summed E-state index contributed by atoms with van der Waals surface area (Å²) in [6.07, 6.45) is 1.54. The topological polar surface area (TPSA) is 91.4 Å². The first-order valence-corrected chi connectivity index (χ1v) is 11.2. The summed E-state index contributed by atoms with van der Waals surface area (Å²) < 4.78 is 9.33. The second kappa shape index (κ2) is 10.6. The number of aromatic nitrogens is 4. The third-order valence-corrected chi connectivity index (χ3v) is 5.50. The minimum Gasteiger partial charge on any atom is -0.383 e. The number of hydrogen-bond donors (Lipinski definition) is 0. The smallest absolute Gasteiger partial charge is 0.333 e. The van der Waals surface area contributed by atoms with Crippen molar-refractivity contribution in [1.29, 1.82) is 0 Å². The fraction of sp³-hybridized carbons (Fsp3) is 0.500. The Morgan fingerprint density at radius 2 is 1.79 bits per heavy atom. The number of carbonyl (C=O) groups excluding carboxylic acids is 1. The summed E-state index contributed by atoms with van der Waals surface area (Å²) in [5.74, 6) is 0.00670. The van der Waals surface area contributed by atoms with Crippen molar-refractivity contribution in [2.45, 2.75) is 53.4 Å². The van der Waals surface area contributed by atoms with Gasteiger partial charge in [-0.05, 0) is 25.3 Å². The highest BCUT2D eigenvalue weighted by atomic mass is 16.5. The van der Waals surface area contributed by atoms with Crippen molar-refractivity contribution in [1.82, 2.24) is 23.6 Å². The predicted molar refractivity (Wildman–Crippen MR) is 127 cm³/mol. The number of ether oxygens (including phenoxy) is 1. The monoisotopic (exact) mass is 455 g/mol. The third-order valence-electron chi connectivity index (χ3n) is 5.50. The molecule has 0 fully saturated rings. The van der Waals surface area contributed by atoms with Gasteiger partial charge in [-0.2, -0.15) is 0 Å². The fourth-order valence-electron chi connectivity index (χ4n) is 3.87. The van der Waals surface area contributed by atoms with Gasteiger partial charge >= 0.3 is 5.69 Å². The molecule has 0 saturated carbocycles. The van der Waals surface area contributed by atoms with Gasteiger partial charge in [0.2, 0.25) is 5.91 Å². The van der Waals surface area contributed by atoms with E-state index < -0.39 is 11.2 Å². The Labute approximate surface area is 193 Å². The molecular formula is C24H33N5O4. The molecule has 3 aromatic rings. The lowest BCUT2D eigenvalue weighted by Gasteiger charge is -2.28. The molecule has 0 atom stereocenters. The molecule has 0 radical (unpaired) electrons. The number of nitrogens with zero attached hydrogens (tertiary/aromatic N) is 5. The summed E-state index contributed by atoms with van der Waals surface area (Å²) in [6.45, 7) is 9.19. The highest BCUT2D eigenvalue weighted by Crippen LogP contribution is 2.11. The highest BCUT2D eigenvalue weighted by Gasteiger charge is 2.23. The van der Waals surface area contributed by atoms with Crippen LogP contribution in [0.5, 0.6) is 0 Å². The molecule has 0 spiro atoms. The molecule has 0 aliphatic carbocycles. The highest BCUT2D eigenvalue weighted by molar-refractivity contribution is 5.77. The Balaban J connectivity index is 2.14. The zero-order chi connectivity index (χ0) is 24.1. The van der Waals surface area contributed by atoms with Crippen LogP contribution in [-0.4, -0.2) is 55.8 Å². The summed E-state index contributed by atoms with van der Waals surface area (Å²) >= 11 is 0. The Kier molecular flexibility index (Phi) is 7.86. The van der Waals surface area contributed by atoms with Crippen molar-refractivity contribution < 1.29 is 9.53 Å². The van der Waals surface area contributed by atoms with Crippen LogP contribution in [0.4, 0.5) is 0 Å². The summed E-state index contributed by atoms with van der Waals surface area (Å²) in [6, 6.07) is 9.45. The van der Waals surface area contributed by atoms with Gasteiger partial charge in [-0.1, -0.05) is 44.2 Å². The van der Waals surface area contributed by atoms with Crippen LogP contribution in [0.2, 0.25) is 0 Å². The Morgan fingerprint density at radius 1 is 1.09 bits per heavy atom. The second-order valence-electron chi connectivity index (χ2n) is 8.88. The van der Waals surface area contributed by atoms with Crippen LogP contribution >= 0.6 is 0 Å². The van der Waals surface area contributed by atoms with Crippen LogP contribution in [0.3, 0.4) is 0 Å². The molecule has 0 unspecified atom stereocenters. The molecule has 3 rings (SSSR count). The van der Waals surface area contributed by atoms with Crippen molar-refractivity contribution in [3.05, 3.63) is 63.1 Å². The summed E-state index contributed by atoms with van der Waals surface area (Å²) in [5.41, 5.74) is 0.420.